The highest BCUT2D eigenvalue weighted by atomic mass is 19.4. The van der Waals surface area contributed by atoms with E-state index in [2.05, 4.69) is 20.6 Å². The number of rotatable bonds is 9. The number of benzene rings is 3. The minimum Gasteiger partial charge on any atom is -0.344 e. The van der Waals surface area contributed by atoms with E-state index in [4.69, 9.17) is 0 Å². The van der Waals surface area contributed by atoms with Gasteiger partial charge < -0.3 is 15.5 Å². The third kappa shape index (κ3) is 7.20. The van der Waals surface area contributed by atoms with E-state index < -0.39 is 29.6 Å². The quantitative estimate of drug-likeness (QED) is 0.185. The van der Waals surface area contributed by atoms with Crippen molar-refractivity contribution < 1.29 is 27.6 Å². The third-order valence-electron chi connectivity index (χ3n) is 7.32. The third-order valence-corrected chi connectivity index (χ3v) is 7.32. The molecule has 0 bridgehead atoms. The summed E-state index contributed by atoms with van der Waals surface area (Å²) in [6.45, 7) is 2.52. The molecule has 0 saturated carbocycles. The predicted octanol–water partition coefficient (Wildman–Crippen LogP) is 6.91. The van der Waals surface area contributed by atoms with Gasteiger partial charge in [-0.3, -0.25) is 19.4 Å². The lowest BCUT2D eigenvalue weighted by molar-refractivity contribution is -0.137. The minimum absolute atomic E-state index is 0.156. The average molecular weight is 626 g/mol. The predicted molar refractivity (Wildman–Crippen MR) is 169 cm³/mol. The number of amides is 3. The lowest BCUT2D eigenvalue weighted by Crippen LogP contribution is -2.41. The van der Waals surface area contributed by atoms with Crippen molar-refractivity contribution in [3.63, 3.8) is 0 Å². The number of nitrogens with zero attached hydrogens (tertiary/aromatic N) is 3. The number of carbonyl (C=O) groups is 3. The molecule has 5 aromatic rings. The molecule has 0 unspecified atom stereocenters. The first-order valence-electron chi connectivity index (χ1n) is 14.5. The van der Waals surface area contributed by atoms with E-state index in [0.717, 1.165) is 18.6 Å². The highest BCUT2D eigenvalue weighted by molar-refractivity contribution is 6.08. The number of anilines is 1. The van der Waals surface area contributed by atoms with Gasteiger partial charge in [-0.15, -0.1) is 0 Å². The lowest BCUT2D eigenvalue weighted by atomic mass is 10.0. The Morgan fingerprint density at radius 3 is 2.30 bits per heavy atom. The van der Waals surface area contributed by atoms with Crippen LogP contribution in [-0.4, -0.2) is 46.2 Å². The molecule has 0 aliphatic heterocycles. The normalized spacial score (nSPS) is 11.9. The van der Waals surface area contributed by atoms with Crippen LogP contribution in [0.5, 0.6) is 0 Å². The molecule has 2 aromatic heterocycles. The van der Waals surface area contributed by atoms with E-state index in [-0.39, 0.29) is 23.0 Å². The summed E-state index contributed by atoms with van der Waals surface area (Å²) in [5.74, 6) is -0.973. The van der Waals surface area contributed by atoms with Gasteiger partial charge in [-0.25, -0.2) is 4.98 Å². The molecule has 2 N–H and O–H groups in total. The smallest absolute Gasteiger partial charge is 0.344 e. The maximum atomic E-state index is 13.3. The second-order valence-corrected chi connectivity index (χ2v) is 10.6. The first-order chi connectivity index (χ1) is 22.0. The Balaban J connectivity index is 1.33. The van der Waals surface area contributed by atoms with Gasteiger partial charge >= 0.3 is 6.18 Å². The van der Waals surface area contributed by atoms with Crippen molar-refractivity contribution in [3.05, 3.63) is 126 Å². The summed E-state index contributed by atoms with van der Waals surface area (Å²) in [6.07, 6.45) is -2.25. The summed E-state index contributed by atoms with van der Waals surface area (Å²) in [5.41, 5.74) is 1.42. The maximum Gasteiger partial charge on any atom is 0.416 e. The van der Waals surface area contributed by atoms with E-state index in [1.807, 2.05) is 25.1 Å². The van der Waals surface area contributed by atoms with Gasteiger partial charge in [0.05, 0.1) is 22.3 Å². The molecule has 1 atom stereocenters. The molecular formula is C35H30F3N5O3. The Labute approximate surface area is 263 Å². The largest absolute Gasteiger partial charge is 0.416 e. The van der Waals surface area contributed by atoms with Crippen LogP contribution in [0.1, 0.15) is 51.2 Å². The van der Waals surface area contributed by atoms with Gasteiger partial charge in [0.15, 0.2) is 0 Å². The van der Waals surface area contributed by atoms with E-state index >= 15 is 0 Å². The van der Waals surface area contributed by atoms with Gasteiger partial charge in [-0.2, -0.15) is 13.2 Å². The number of likely N-dealkylation sites (N-methyl/N-ethyl adjacent to an activating group) is 1. The lowest BCUT2D eigenvalue weighted by Gasteiger charge is -2.24. The molecule has 0 spiro atoms. The number of alkyl halides is 3. The van der Waals surface area contributed by atoms with Gasteiger partial charge in [0.2, 0.25) is 5.91 Å². The number of hydrogen-bond acceptors (Lipinski definition) is 5. The Hall–Kier alpha value is -5.58. The first kappa shape index (κ1) is 31.8. The van der Waals surface area contributed by atoms with Gasteiger partial charge in [0.1, 0.15) is 11.9 Å². The first-order valence-corrected chi connectivity index (χ1v) is 14.5. The zero-order valence-electron chi connectivity index (χ0n) is 25.0. The van der Waals surface area contributed by atoms with Crippen LogP contribution in [0.4, 0.5) is 19.0 Å². The fourth-order valence-corrected chi connectivity index (χ4v) is 4.97. The summed E-state index contributed by atoms with van der Waals surface area (Å²) < 4.78 is 39.1. The Kier molecular flexibility index (Phi) is 9.41. The van der Waals surface area contributed by atoms with Gasteiger partial charge in [-0.05, 0) is 66.6 Å². The van der Waals surface area contributed by atoms with Crippen molar-refractivity contribution in [2.75, 3.05) is 18.9 Å². The van der Waals surface area contributed by atoms with Crippen LogP contribution < -0.4 is 10.6 Å². The van der Waals surface area contributed by atoms with Crippen LogP contribution in [0.25, 0.3) is 22.2 Å². The molecule has 46 heavy (non-hydrogen) atoms. The summed E-state index contributed by atoms with van der Waals surface area (Å²) >= 11 is 0. The molecular weight excluding hydrogens is 595 g/mol. The van der Waals surface area contributed by atoms with Crippen LogP contribution >= 0.6 is 0 Å². The summed E-state index contributed by atoms with van der Waals surface area (Å²) in [7, 11) is 1.70. The minimum atomic E-state index is -4.48. The number of aromatic nitrogens is 2. The van der Waals surface area contributed by atoms with Crippen LogP contribution in [0.2, 0.25) is 0 Å². The van der Waals surface area contributed by atoms with Crippen molar-refractivity contribution in [2.24, 2.45) is 0 Å². The highest BCUT2D eigenvalue weighted by Crippen LogP contribution is 2.31. The van der Waals surface area contributed by atoms with Crippen LogP contribution in [0, 0.1) is 0 Å². The number of nitrogens with one attached hydrogen (secondary N) is 2. The van der Waals surface area contributed by atoms with Crippen LogP contribution in [0.15, 0.2) is 103 Å². The Morgan fingerprint density at radius 1 is 0.870 bits per heavy atom. The number of halogens is 3. The summed E-state index contributed by atoms with van der Waals surface area (Å²) in [6, 6.07) is 23.8. The topological polar surface area (TPSA) is 104 Å². The molecule has 8 nitrogen and oxygen atoms in total. The van der Waals surface area contributed by atoms with Gasteiger partial charge in [0, 0.05) is 36.3 Å². The molecule has 5 rings (SSSR count). The van der Waals surface area contributed by atoms with E-state index in [0.29, 0.717) is 34.1 Å². The number of fused-ring (bicyclic) bond motifs is 1. The molecule has 0 radical (unpaired) electrons. The van der Waals surface area contributed by atoms with Crippen molar-refractivity contribution in [3.8, 4) is 11.3 Å². The zero-order valence-corrected chi connectivity index (χ0v) is 25.0. The van der Waals surface area contributed by atoms with E-state index in [1.54, 1.807) is 60.5 Å². The molecule has 3 aromatic carbocycles. The SMILES string of the molecule is CCCN(C)C(=O)[C@@H](NC(=O)c1ccc2nc(NC(=O)c3cccnc3-c3ccc(C(F)(F)F)cc3)ccc2c1)c1ccccc1. The second kappa shape index (κ2) is 13.6. The monoisotopic (exact) mass is 625 g/mol. The maximum absolute atomic E-state index is 13.3. The van der Waals surface area contributed by atoms with Gasteiger partial charge in [0.25, 0.3) is 11.8 Å². The molecule has 234 valence electrons. The molecule has 11 heteroatoms. The van der Waals surface area contributed by atoms with Crippen molar-refractivity contribution in [2.45, 2.75) is 25.6 Å². The second-order valence-electron chi connectivity index (χ2n) is 10.6. The Morgan fingerprint density at radius 2 is 1.61 bits per heavy atom. The fraction of sp³-hybridized carbons (Fsp3) is 0.171. The number of hydrogen-bond donors (Lipinski definition) is 2. The average Bonchev–Trinajstić information content (AvgIpc) is 3.06. The van der Waals surface area contributed by atoms with Crippen LogP contribution in [-0.2, 0) is 11.0 Å². The van der Waals surface area contributed by atoms with Gasteiger partial charge in [-0.1, -0.05) is 49.4 Å². The highest BCUT2D eigenvalue weighted by Gasteiger charge is 2.30. The van der Waals surface area contributed by atoms with Crippen molar-refractivity contribution >= 4 is 34.4 Å². The van der Waals surface area contributed by atoms with Crippen molar-refractivity contribution in [1.29, 1.82) is 0 Å². The summed E-state index contributed by atoms with van der Waals surface area (Å²) in [5, 5.41) is 6.22. The molecule has 0 saturated heterocycles. The molecule has 0 aliphatic rings. The number of carbonyl (C=O) groups excluding carboxylic acids is 3. The number of pyridine rings is 2. The molecule has 0 fully saturated rings. The van der Waals surface area contributed by atoms with Crippen molar-refractivity contribution in [1.82, 2.24) is 20.2 Å². The zero-order chi connectivity index (χ0) is 32.8. The van der Waals surface area contributed by atoms with E-state index in [9.17, 15) is 27.6 Å². The molecule has 3 amide bonds. The molecule has 0 aliphatic carbocycles. The van der Waals surface area contributed by atoms with Crippen LogP contribution in [0.3, 0.4) is 0 Å². The van der Waals surface area contributed by atoms with E-state index in [1.165, 1.54) is 24.4 Å². The molecule has 2 heterocycles. The fourth-order valence-electron chi connectivity index (χ4n) is 4.97. The summed E-state index contributed by atoms with van der Waals surface area (Å²) in [4.78, 5) is 50.1. The Bertz CT molecular complexity index is 1880. The standard InChI is InChI=1S/C35H30F3N5O3/c1-3-20-43(2)34(46)31(22-8-5-4-6-9-22)42-32(44)25-13-17-28-24(21-25)14-18-29(40-28)41-33(45)27-10-7-19-39-30(27)23-11-15-26(16-12-23)35(36,37)38/h4-19,21,31H,3,20H2,1-2H3,(H,42,44)(H,40,41,45)/t31-/m0/s1.